The van der Waals surface area contributed by atoms with E-state index < -0.39 is 0 Å². The molecule has 0 aromatic heterocycles. The minimum Gasteiger partial charge on any atom is -0.349 e. The molecule has 0 aliphatic heterocycles. The zero-order chi connectivity index (χ0) is 13.4. The van der Waals surface area contributed by atoms with E-state index in [0.717, 1.165) is 13.0 Å². The maximum atomic E-state index is 11.8. The largest absolute Gasteiger partial charge is 0.349 e. The van der Waals surface area contributed by atoms with Gasteiger partial charge in [0, 0.05) is 13.0 Å². The molecule has 3 nitrogen and oxygen atoms in total. The van der Waals surface area contributed by atoms with E-state index in [2.05, 4.69) is 36.6 Å². The lowest BCUT2D eigenvalue weighted by Crippen LogP contribution is -2.31. The van der Waals surface area contributed by atoms with Gasteiger partial charge in [-0.05, 0) is 24.9 Å². The van der Waals surface area contributed by atoms with E-state index in [1.807, 2.05) is 25.2 Å². The smallest absolute Gasteiger partial charge is 0.221 e. The number of carbonyl (C=O) groups is 1. The summed E-state index contributed by atoms with van der Waals surface area (Å²) in [6.45, 7) is 5.07. The number of rotatable bonds is 7. The molecule has 0 aliphatic rings. The Balaban J connectivity index is 2.64. The zero-order valence-corrected chi connectivity index (χ0v) is 11.6. The van der Waals surface area contributed by atoms with Gasteiger partial charge in [-0.25, -0.2) is 0 Å². The van der Waals surface area contributed by atoms with Crippen molar-refractivity contribution in [3.63, 3.8) is 0 Å². The standard InChI is InChI=1S/C15H24N2O/c1-12(2)11-14(13-7-5-4-6-8-13)17-15(18)9-10-16-3/h4-8,12,14,16H,9-11H2,1-3H3,(H,17,18). The van der Waals surface area contributed by atoms with Crippen molar-refractivity contribution in [3.8, 4) is 0 Å². The molecule has 18 heavy (non-hydrogen) atoms. The van der Waals surface area contributed by atoms with Crippen LogP contribution in [0.3, 0.4) is 0 Å². The highest BCUT2D eigenvalue weighted by Gasteiger charge is 2.15. The number of hydrogen-bond acceptors (Lipinski definition) is 2. The monoisotopic (exact) mass is 248 g/mol. The van der Waals surface area contributed by atoms with Crippen LogP contribution in [-0.2, 0) is 4.79 Å². The Morgan fingerprint density at radius 2 is 1.89 bits per heavy atom. The molecule has 1 rings (SSSR count). The van der Waals surface area contributed by atoms with Crippen LogP contribution in [-0.4, -0.2) is 19.5 Å². The van der Waals surface area contributed by atoms with Crippen LogP contribution in [0.1, 0.15) is 38.3 Å². The number of nitrogens with one attached hydrogen (secondary N) is 2. The van der Waals surface area contributed by atoms with Crippen LogP contribution in [0.4, 0.5) is 0 Å². The summed E-state index contributed by atoms with van der Waals surface area (Å²) in [6.07, 6.45) is 1.49. The van der Waals surface area contributed by atoms with Crippen molar-refractivity contribution < 1.29 is 4.79 Å². The molecule has 0 saturated carbocycles. The van der Waals surface area contributed by atoms with Gasteiger partial charge >= 0.3 is 0 Å². The fraction of sp³-hybridized carbons (Fsp3) is 0.533. The molecule has 1 amide bonds. The van der Waals surface area contributed by atoms with Crippen LogP contribution in [0.25, 0.3) is 0 Å². The summed E-state index contributed by atoms with van der Waals surface area (Å²) in [4.78, 5) is 11.8. The van der Waals surface area contributed by atoms with Crippen molar-refractivity contribution in [1.82, 2.24) is 10.6 Å². The van der Waals surface area contributed by atoms with Gasteiger partial charge in [-0.3, -0.25) is 4.79 Å². The molecule has 0 fully saturated rings. The van der Waals surface area contributed by atoms with Crippen molar-refractivity contribution in [1.29, 1.82) is 0 Å². The molecule has 1 aromatic rings. The van der Waals surface area contributed by atoms with Crippen LogP contribution >= 0.6 is 0 Å². The Morgan fingerprint density at radius 1 is 1.22 bits per heavy atom. The number of benzene rings is 1. The zero-order valence-electron chi connectivity index (χ0n) is 11.6. The van der Waals surface area contributed by atoms with Gasteiger partial charge in [0.15, 0.2) is 0 Å². The van der Waals surface area contributed by atoms with Gasteiger partial charge < -0.3 is 10.6 Å². The van der Waals surface area contributed by atoms with Crippen LogP contribution < -0.4 is 10.6 Å². The van der Waals surface area contributed by atoms with E-state index in [-0.39, 0.29) is 11.9 Å². The van der Waals surface area contributed by atoms with Gasteiger partial charge in [-0.15, -0.1) is 0 Å². The summed E-state index contributed by atoms with van der Waals surface area (Å²) in [5.74, 6) is 0.665. The van der Waals surface area contributed by atoms with Crippen molar-refractivity contribution in [2.24, 2.45) is 5.92 Å². The van der Waals surface area contributed by atoms with Gasteiger partial charge in [-0.2, -0.15) is 0 Å². The molecule has 2 N–H and O–H groups in total. The molecule has 1 atom stereocenters. The van der Waals surface area contributed by atoms with Crippen LogP contribution in [0.15, 0.2) is 30.3 Å². The van der Waals surface area contributed by atoms with E-state index in [1.54, 1.807) is 0 Å². The molecule has 0 spiro atoms. The first-order chi connectivity index (χ1) is 8.63. The lowest BCUT2D eigenvalue weighted by molar-refractivity contribution is -0.121. The molecule has 0 bridgehead atoms. The normalized spacial score (nSPS) is 12.4. The molecular formula is C15H24N2O. The quantitative estimate of drug-likeness (QED) is 0.778. The number of amides is 1. The highest BCUT2D eigenvalue weighted by molar-refractivity contribution is 5.76. The first-order valence-electron chi connectivity index (χ1n) is 6.62. The highest BCUT2D eigenvalue weighted by atomic mass is 16.1. The molecule has 0 aliphatic carbocycles. The molecule has 1 unspecified atom stereocenters. The average molecular weight is 248 g/mol. The van der Waals surface area contributed by atoms with E-state index in [1.165, 1.54) is 5.56 Å². The van der Waals surface area contributed by atoms with Crippen molar-refractivity contribution >= 4 is 5.91 Å². The van der Waals surface area contributed by atoms with Gasteiger partial charge in [-0.1, -0.05) is 44.2 Å². The maximum Gasteiger partial charge on any atom is 0.221 e. The van der Waals surface area contributed by atoms with Crippen LogP contribution in [0.2, 0.25) is 0 Å². The second-order valence-corrected chi connectivity index (χ2v) is 5.01. The molecule has 100 valence electrons. The van der Waals surface area contributed by atoms with E-state index in [4.69, 9.17) is 0 Å². The second kappa shape index (κ2) is 7.88. The van der Waals surface area contributed by atoms with Crippen molar-refractivity contribution in [3.05, 3.63) is 35.9 Å². The van der Waals surface area contributed by atoms with Gasteiger partial charge in [0.1, 0.15) is 0 Å². The number of carbonyl (C=O) groups excluding carboxylic acids is 1. The fourth-order valence-electron chi connectivity index (χ4n) is 1.94. The second-order valence-electron chi connectivity index (χ2n) is 5.01. The van der Waals surface area contributed by atoms with Crippen LogP contribution in [0, 0.1) is 5.92 Å². The minimum atomic E-state index is 0.110. The molecule has 0 saturated heterocycles. The molecule has 0 heterocycles. The average Bonchev–Trinajstić information content (AvgIpc) is 2.36. The summed E-state index contributed by atoms with van der Waals surface area (Å²) in [6, 6.07) is 10.3. The Bertz CT molecular complexity index is 349. The lowest BCUT2D eigenvalue weighted by Gasteiger charge is -2.21. The van der Waals surface area contributed by atoms with Crippen molar-refractivity contribution in [2.45, 2.75) is 32.7 Å². The predicted octanol–water partition coefficient (Wildman–Crippen LogP) is 2.50. The van der Waals surface area contributed by atoms with E-state index in [9.17, 15) is 4.79 Å². The Hall–Kier alpha value is -1.35. The third-order valence-corrected chi connectivity index (χ3v) is 2.85. The summed E-state index contributed by atoms with van der Waals surface area (Å²) in [5, 5.41) is 6.11. The molecule has 1 aromatic carbocycles. The SMILES string of the molecule is CNCCC(=O)NC(CC(C)C)c1ccccc1. The Kier molecular flexibility index (Phi) is 6.44. The topological polar surface area (TPSA) is 41.1 Å². The minimum absolute atomic E-state index is 0.110. The first kappa shape index (κ1) is 14.7. The van der Waals surface area contributed by atoms with E-state index in [0.29, 0.717) is 12.3 Å². The lowest BCUT2D eigenvalue weighted by atomic mass is 9.97. The number of hydrogen-bond donors (Lipinski definition) is 2. The Morgan fingerprint density at radius 3 is 2.44 bits per heavy atom. The third kappa shape index (κ3) is 5.32. The molecular weight excluding hydrogens is 224 g/mol. The van der Waals surface area contributed by atoms with Gasteiger partial charge in [0.05, 0.1) is 6.04 Å². The van der Waals surface area contributed by atoms with Gasteiger partial charge in [0.2, 0.25) is 5.91 Å². The van der Waals surface area contributed by atoms with Crippen LogP contribution in [0.5, 0.6) is 0 Å². The third-order valence-electron chi connectivity index (χ3n) is 2.85. The predicted molar refractivity (Wildman–Crippen MR) is 75.3 cm³/mol. The maximum absolute atomic E-state index is 11.8. The fourth-order valence-corrected chi connectivity index (χ4v) is 1.94. The highest BCUT2D eigenvalue weighted by Crippen LogP contribution is 2.20. The summed E-state index contributed by atoms with van der Waals surface area (Å²) in [5.41, 5.74) is 1.18. The van der Waals surface area contributed by atoms with Gasteiger partial charge in [0.25, 0.3) is 0 Å². The molecule has 3 heteroatoms. The molecule has 0 radical (unpaired) electrons. The first-order valence-corrected chi connectivity index (χ1v) is 6.62. The summed E-state index contributed by atoms with van der Waals surface area (Å²) < 4.78 is 0. The summed E-state index contributed by atoms with van der Waals surface area (Å²) in [7, 11) is 1.86. The summed E-state index contributed by atoms with van der Waals surface area (Å²) >= 11 is 0. The van der Waals surface area contributed by atoms with Crippen molar-refractivity contribution in [2.75, 3.05) is 13.6 Å². The Labute approximate surface area is 110 Å². The van der Waals surface area contributed by atoms with E-state index >= 15 is 0 Å².